The average molecular weight is 617 g/mol. The van der Waals surface area contributed by atoms with Gasteiger partial charge in [-0.3, -0.25) is 14.5 Å². The Labute approximate surface area is 272 Å². The molecule has 2 aliphatic heterocycles. The lowest BCUT2D eigenvalue weighted by Gasteiger charge is -2.51. The number of anilines is 2. The van der Waals surface area contributed by atoms with Crippen LogP contribution in [0.2, 0.25) is 0 Å². The Bertz CT molecular complexity index is 1680. The van der Waals surface area contributed by atoms with Crippen molar-refractivity contribution in [2.75, 3.05) is 49.5 Å². The maximum absolute atomic E-state index is 13.4. The average Bonchev–Trinajstić information content (AvgIpc) is 3.06. The highest BCUT2D eigenvalue weighted by Gasteiger charge is 2.47. The third kappa shape index (κ3) is 6.57. The molecule has 4 aromatic carbocycles. The third-order valence-electron chi connectivity index (χ3n) is 9.43. The maximum atomic E-state index is 13.4. The molecule has 2 heterocycles. The van der Waals surface area contributed by atoms with Gasteiger partial charge in [-0.1, -0.05) is 61.5 Å². The van der Waals surface area contributed by atoms with E-state index in [1.54, 1.807) is 6.92 Å². The van der Waals surface area contributed by atoms with Crippen molar-refractivity contribution in [3.8, 4) is 16.9 Å². The standard InChI is InChI=1S/C39H44N4O3/c1-28(44)43-36-19-16-33(41-37(45)31-12-10-30(11-13-31)29-8-6-5-7-9-29)26-35(36)39(4,27-38(43,2)3)32-14-17-34(18-15-32)46-25-24-42-22-20-40-21-23-42/h5-19,26,40H,20-25,27H2,1-4H3,(H,41,45). The number of nitrogens with one attached hydrogen (secondary N) is 2. The summed E-state index contributed by atoms with van der Waals surface area (Å²) in [6.45, 7) is 13.8. The fourth-order valence-electron chi connectivity index (χ4n) is 7.26. The fourth-order valence-corrected chi connectivity index (χ4v) is 7.26. The lowest BCUT2D eigenvalue weighted by atomic mass is 9.65. The minimum atomic E-state index is -0.419. The monoisotopic (exact) mass is 616 g/mol. The van der Waals surface area contributed by atoms with Crippen LogP contribution in [0.25, 0.3) is 11.1 Å². The minimum absolute atomic E-state index is 0.00294. The predicted molar refractivity (Wildman–Crippen MR) is 186 cm³/mol. The van der Waals surface area contributed by atoms with Gasteiger partial charge in [-0.05, 0) is 85.0 Å². The molecule has 2 N–H and O–H groups in total. The first kappa shape index (κ1) is 31.5. The largest absolute Gasteiger partial charge is 0.492 e. The first-order valence-electron chi connectivity index (χ1n) is 16.2. The van der Waals surface area contributed by atoms with Gasteiger partial charge in [-0.25, -0.2) is 0 Å². The van der Waals surface area contributed by atoms with Gasteiger partial charge in [0, 0.05) is 67.5 Å². The SMILES string of the molecule is CC(=O)N1c2ccc(NC(=O)c3ccc(-c4ccccc4)cc3)cc2C(C)(c2ccc(OCCN3CCNCC3)cc2)CC1(C)C. The highest BCUT2D eigenvalue weighted by Crippen LogP contribution is 2.51. The van der Waals surface area contributed by atoms with Gasteiger partial charge < -0.3 is 20.3 Å². The first-order valence-corrected chi connectivity index (χ1v) is 16.2. The number of ether oxygens (including phenoxy) is 1. The Balaban J connectivity index is 1.25. The number of hydrogen-bond acceptors (Lipinski definition) is 5. The Kier molecular flexibility index (Phi) is 8.98. The maximum Gasteiger partial charge on any atom is 0.255 e. The van der Waals surface area contributed by atoms with E-state index in [1.165, 1.54) is 0 Å². The summed E-state index contributed by atoms with van der Waals surface area (Å²) in [6.07, 6.45) is 0.716. The number of carbonyl (C=O) groups excluding carboxylic acids is 2. The molecule has 7 heteroatoms. The molecule has 46 heavy (non-hydrogen) atoms. The summed E-state index contributed by atoms with van der Waals surface area (Å²) in [7, 11) is 0. The molecule has 7 nitrogen and oxygen atoms in total. The van der Waals surface area contributed by atoms with Gasteiger partial charge in [-0.15, -0.1) is 0 Å². The molecule has 1 atom stereocenters. The topological polar surface area (TPSA) is 73.9 Å². The summed E-state index contributed by atoms with van der Waals surface area (Å²) in [6, 6.07) is 32.0. The van der Waals surface area contributed by atoms with Gasteiger partial charge in [0.2, 0.25) is 5.91 Å². The highest BCUT2D eigenvalue weighted by molar-refractivity contribution is 6.05. The molecule has 0 bridgehead atoms. The van der Waals surface area contributed by atoms with Crippen molar-refractivity contribution in [1.29, 1.82) is 0 Å². The van der Waals surface area contributed by atoms with Crippen LogP contribution >= 0.6 is 0 Å². The molecule has 2 aliphatic rings. The molecule has 238 valence electrons. The van der Waals surface area contributed by atoms with Crippen LogP contribution in [0.4, 0.5) is 11.4 Å². The smallest absolute Gasteiger partial charge is 0.255 e. The molecule has 0 radical (unpaired) electrons. The van der Waals surface area contributed by atoms with Crippen LogP contribution in [0.1, 0.15) is 55.6 Å². The lowest BCUT2D eigenvalue weighted by molar-refractivity contribution is -0.117. The molecule has 0 saturated carbocycles. The molecule has 4 aromatic rings. The second kappa shape index (κ2) is 13.1. The van der Waals surface area contributed by atoms with E-state index in [1.807, 2.05) is 77.7 Å². The Morgan fingerprint density at radius 3 is 2.20 bits per heavy atom. The van der Waals surface area contributed by atoms with Crippen molar-refractivity contribution >= 4 is 23.2 Å². The van der Waals surface area contributed by atoms with E-state index in [9.17, 15) is 9.59 Å². The molecule has 0 aliphatic carbocycles. The van der Waals surface area contributed by atoms with E-state index in [0.29, 0.717) is 24.3 Å². The molecular weight excluding hydrogens is 572 g/mol. The second-order valence-corrected chi connectivity index (χ2v) is 13.3. The van der Waals surface area contributed by atoms with Gasteiger partial charge in [-0.2, -0.15) is 0 Å². The fraction of sp³-hybridized carbons (Fsp3) is 0.333. The van der Waals surface area contributed by atoms with E-state index in [-0.39, 0.29) is 11.8 Å². The number of fused-ring (bicyclic) bond motifs is 1. The zero-order chi connectivity index (χ0) is 32.3. The lowest BCUT2D eigenvalue weighted by Crippen LogP contribution is -2.55. The van der Waals surface area contributed by atoms with Crippen molar-refractivity contribution < 1.29 is 14.3 Å². The summed E-state index contributed by atoms with van der Waals surface area (Å²) < 4.78 is 6.12. The van der Waals surface area contributed by atoms with Crippen LogP contribution < -0.4 is 20.3 Å². The molecule has 1 unspecified atom stereocenters. The number of hydrogen-bond donors (Lipinski definition) is 2. The van der Waals surface area contributed by atoms with Gasteiger partial charge in [0.05, 0.1) is 0 Å². The van der Waals surface area contributed by atoms with Gasteiger partial charge in [0.1, 0.15) is 12.4 Å². The normalized spacial score (nSPS) is 19.3. The van der Waals surface area contributed by atoms with Crippen molar-refractivity contribution in [2.24, 2.45) is 0 Å². The number of carbonyl (C=O) groups is 2. The van der Waals surface area contributed by atoms with Crippen molar-refractivity contribution in [3.63, 3.8) is 0 Å². The Hall–Kier alpha value is -4.46. The predicted octanol–water partition coefficient (Wildman–Crippen LogP) is 6.73. The zero-order valence-corrected chi connectivity index (χ0v) is 27.3. The summed E-state index contributed by atoms with van der Waals surface area (Å²) in [5, 5.41) is 6.50. The zero-order valence-electron chi connectivity index (χ0n) is 27.3. The van der Waals surface area contributed by atoms with Crippen LogP contribution in [0.15, 0.2) is 97.1 Å². The number of amides is 2. The van der Waals surface area contributed by atoms with E-state index in [4.69, 9.17) is 4.74 Å². The van der Waals surface area contributed by atoms with Gasteiger partial charge in [0.25, 0.3) is 5.91 Å². The highest BCUT2D eigenvalue weighted by atomic mass is 16.5. The van der Waals surface area contributed by atoms with Crippen LogP contribution in [-0.2, 0) is 10.2 Å². The molecule has 0 aromatic heterocycles. The Morgan fingerprint density at radius 1 is 0.848 bits per heavy atom. The summed E-state index contributed by atoms with van der Waals surface area (Å²) in [5.74, 6) is 0.669. The van der Waals surface area contributed by atoms with E-state index in [2.05, 4.69) is 60.6 Å². The van der Waals surface area contributed by atoms with E-state index >= 15 is 0 Å². The van der Waals surface area contributed by atoms with Gasteiger partial charge in [0.15, 0.2) is 0 Å². The molecular formula is C39H44N4O3. The minimum Gasteiger partial charge on any atom is -0.492 e. The number of benzene rings is 4. The van der Waals surface area contributed by atoms with E-state index < -0.39 is 11.0 Å². The molecule has 6 rings (SSSR count). The van der Waals surface area contributed by atoms with Crippen LogP contribution in [0, 0.1) is 0 Å². The number of piperazine rings is 1. The van der Waals surface area contributed by atoms with Crippen molar-refractivity contribution in [1.82, 2.24) is 10.2 Å². The summed E-state index contributed by atoms with van der Waals surface area (Å²) in [4.78, 5) is 30.7. The van der Waals surface area contributed by atoms with Crippen molar-refractivity contribution in [3.05, 3.63) is 114 Å². The molecule has 2 amide bonds. The van der Waals surface area contributed by atoms with Crippen molar-refractivity contribution in [2.45, 2.75) is 45.1 Å². The Morgan fingerprint density at radius 2 is 1.52 bits per heavy atom. The van der Waals surface area contributed by atoms with Crippen LogP contribution in [0.3, 0.4) is 0 Å². The number of nitrogens with zero attached hydrogens (tertiary/aromatic N) is 2. The van der Waals surface area contributed by atoms with E-state index in [0.717, 1.165) is 66.4 Å². The first-order chi connectivity index (χ1) is 22.1. The van der Waals surface area contributed by atoms with Crippen LogP contribution in [0.5, 0.6) is 5.75 Å². The summed E-state index contributed by atoms with van der Waals surface area (Å²) in [5.41, 5.74) is 5.62. The third-order valence-corrected chi connectivity index (χ3v) is 9.43. The molecule has 1 saturated heterocycles. The van der Waals surface area contributed by atoms with Crippen LogP contribution in [-0.4, -0.2) is 61.6 Å². The summed E-state index contributed by atoms with van der Waals surface area (Å²) >= 11 is 0. The van der Waals surface area contributed by atoms with Gasteiger partial charge >= 0.3 is 0 Å². The molecule has 0 spiro atoms. The second-order valence-electron chi connectivity index (χ2n) is 13.3. The number of rotatable bonds is 8. The quantitative estimate of drug-likeness (QED) is 0.230. The molecule has 1 fully saturated rings.